The van der Waals surface area contributed by atoms with Gasteiger partial charge in [-0.15, -0.1) is 15.3 Å². The summed E-state index contributed by atoms with van der Waals surface area (Å²) in [5.74, 6) is 1.42. The highest BCUT2D eigenvalue weighted by molar-refractivity contribution is 5.77. The van der Waals surface area contributed by atoms with Gasteiger partial charge in [0.25, 0.3) is 0 Å². The highest BCUT2D eigenvalue weighted by Crippen LogP contribution is 2.45. The zero-order valence-corrected chi connectivity index (χ0v) is 13.8. The molecule has 2 aromatic heterocycles. The molecular formula is C18H19N5O2. The lowest BCUT2D eigenvalue weighted by molar-refractivity contribution is -0.137. The number of nitrogens with zero attached hydrogens (tertiary/aromatic N) is 4. The summed E-state index contributed by atoms with van der Waals surface area (Å²) in [6.07, 6.45) is 1.47. The Morgan fingerprint density at radius 1 is 1.28 bits per heavy atom. The number of carboxylic acid groups (broad SMARTS) is 1. The van der Waals surface area contributed by atoms with Gasteiger partial charge in [0, 0.05) is 12.3 Å². The molecule has 1 aromatic carbocycles. The lowest BCUT2D eigenvalue weighted by Gasteiger charge is -2.15. The molecule has 128 valence electrons. The third-order valence-electron chi connectivity index (χ3n) is 4.63. The van der Waals surface area contributed by atoms with Gasteiger partial charge in [-0.1, -0.05) is 37.3 Å². The van der Waals surface area contributed by atoms with Crippen LogP contribution in [0.15, 0.2) is 42.5 Å². The lowest BCUT2D eigenvalue weighted by Crippen LogP contribution is -2.32. The highest BCUT2D eigenvalue weighted by Gasteiger charge is 2.38. The van der Waals surface area contributed by atoms with E-state index in [4.69, 9.17) is 0 Å². The largest absolute Gasteiger partial charge is 0.480 e. The van der Waals surface area contributed by atoms with Crippen LogP contribution < -0.4 is 5.32 Å². The van der Waals surface area contributed by atoms with E-state index in [0.717, 1.165) is 17.8 Å². The van der Waals surface area contributed by atoms with Crippen molar-refractivity contribution in [1.29, 1.82) is 0 Å². The molecule has 7 nitrogen and oxygen atoms in total. The van der Waals surface area contributed by atoms with Crippen LogP contribution in [0.2, 0.25) is 0 Å². The molecule has 3 atom stereocenters. The predicted molar refractivity (Wildman–Crippen MR) is 92.5 cm³/mol. The molecule has 1 saturated carbocycles. The van der Waals surface area contributed by atoms with Gasteiger partial charge in [0.2, 0.25) is 0 Å². The molecule has 2 N–H and O–H groups in total. The van der Waals surface area contributed by atoms with Crippen molar-refractivity contribution in [2.24, 2.45) is 5.92 Å². The summed E-state index contributed by atoms with van der Waals surface area (Å²) in [6, 6.07) is 12.3. The van der Waals surface area contributed by atoms with Gasteiger partial charge < -0.3 is 10.4 Å². The second-order valence-corrected chi connectivity index (χ2v) is 6.59. The average molecular weight is 337 g/mol. The first-order valence-electron chi connectivity index (χ1n) is 8.37. The van der Waals surface area contributed by atoms with Crippen molar-refractivity contribution in [3.8, 4) is 0 Å². The van der Waals surface area contributed by atoms with Crippen molar-refractivity contribution in [3.63, 3.8) is 0 Å². The second kappa shape index (κ2) is 6.16. The number of nitrogens with one attached hydrogen (secondary N) is 1. The quantitative estimate of drug-likeness (QED) is 0.717. The fourth-order valence-electron chi connectivity index (χ4n) is 3.02. The molecule has 0 aliphatic heterocycles. The third kappa shape index (κ3) is 3.17. The molecule has 0 amide bonds. The van der Waals surface area contributed by atoms with Crippen LogP contribution in [-0.2, 0) is 11.2 Å². The topological polar surface area (TPSA) is 92.4 Å². The van der Waals surface area contributed by atoms with Gasteiger partial charge in [-0.3, -0.25) is 0 Å². The molecule has 2 unspecified atom stereocenters. The Morgan fingerprint density at radius 3 is 2.72 bits per heavy atom. The Labute approximate surface area is 144 Å². The van der Waals surface area contributed by atoms with E-state index in [1.54, 1.807) is 16.6 Å². The molecule has 1 fully saturated rings. The van der Waals surface area contributed by atoms with Crippen molar-refractivity contribution in [3.05, 3.63) is 53.9 Å². The summed E-state index contributed by atoms with van der Waals surface area (Å²) < 4.78 is 1.72. The Morgan fingerprint density at radius 2 is 2.04 bits per heavy atom. The van der Waals surface area contributed by atoms with Gasteiger partial charge in [0.1, 0.15) is 11.9 Å². The van der Waals surface area contributed by atoms with Crippen LogP contribution in [0.4, 0.5) is 5.82 Å². The SMILES string of the molecule is CC1CC1c1nnc2ccc(N[C@H](Cc3ccccc3)C(=O)O)nn12. The van der Waals surface area contributed by atoms with E-state index in [1.807, 2.05) is 30.3 Å². The van der Waals surface area contributed by atoms with Crippen LogP contribution in [0.1, 0.15) is 30.7 Å². The lowest BCUT2D eigenvalue weighted by atomic mass is 10.1. The number of aromatic nitrogens is 4. The second-order valence-electron chi connectivity index (χ2n) is 6.59. The molecule has 4 rings (SSSR count). The first-order chi connectivity index (χ1) is 12.1. The monoisotopic (exact) mass is 337 g/mol. The molecule has 25 heavy (non-hydrogen) atoms. The van der Waals surface area contributed by atoms with Gasteiger partial charge in [0.05, 0.1) is 0 Å². The third-order valence-corrected chi connectivity index (χ3v) is 4.63. The van der Waals surface area contributed by atoms with Crippen LogP contribution in [0.5, 0.6) is 0 Å². The van der Waals surface area contributed by atoms with Crippen LogP contribution in [0.3, 0.4) is 0 Å². The van der Waals surface area contributed by atoms with Crippen molar-refractivity contribution < 1.29 is 9.90 Å². The fourth-order valence-corrected chi connectivity index (χ4v) is 3.02. The van der Waals surface area contributed by atoms with Crippen LogP contribution in [0.25, 0.3) is 5.65 Å². The number of benzene rings is 1. The number of anilines is 1. The Bertz CT molecular complexity index is 908. The van der Waals surface area contributed by atoms with Gasteiger partial charge in [-0.05, 0) is 30.0 Å². The van der Waals surface area contributed by atoms with Crippen LogP contribution in [0, 0.1) is 5.92 Å². The normalized spacial score (nSPS) is 20.4. The maximum Gasteiger partial charge on any atom is 0.326 e. The predicted octanol–water partition coefficient (Wildman–Crippen LogP) is 2.36. The number of hydrogen-bond donors (Lipinski definition) is 2. The molecule has 0 saturated heterocycles. The van der Waals surface area contributed by atoms with E-state index in [0.29, 0.717) is 29.7 Å². The number of rotatable bonds is 6. The van der Waals surface area contributed by atoms with Crippen LogP contribution >= 0.6 is 0 Å². The minimum Gasteiger partial charge on any atom is -0.480 e. The maximum atomic E-state index is 11.6. The first kappa shape index (κ1) is 15.6. The number of aliphatic carboxylic acids is 1. The van der Waals surface area contributed by atoms with Gasteiger partial charge in [-0.25, -0.2) is 4.79 Å². The smallest absolute Gasteiger partial charge is 0.326 e. The molecule has 3 aromatic rings. The van der Waals surface area contributed by atoms with Gasteiger partial charge >= 0.3 is 5.97 Å². The zero-order valence-electron chi connectivity index (χ0n) is 13.8. The maximum absolute atomic E-state index is 11.6. The van der Waals surface area contributed by atoms with Crippen molar-refractivity contribution in [2.45, 2.75) is 31.7 Å². The summed E-state index contributed by atoms with van der Waals surface area (Å²) in [7, 11) is 0. The van der Waals surface area contributed by atoms with E-state index in [1.165, 1.54) is 0 Å². The number of hydrogen-bond acceptors (Lipinski definition) is 5. The molecule has 7 heteroatoms. The summed E-state index contributed by atoms with van der Waals surface area (Å²) in [6.45, 7) is 2.17. The number of carbonyl (C=O) groups is 1. The minimum atomic E-state index is -0.912. The Hall–Kier alpha value is -2.96. The van der Waals surface area contributed by atoms with Gasteiger partial charge in [0.15, 0.2) is 11.5 Å². The van der Waals surface area contributed by atoms with E-state index >= 15 is 0 Å². The molecule has 0 radical (unpaired) electrons. The average Bonchev–Trinajstić information content (AvgIpc) is 3.18. The standard InChI is InChI=1S/C18H19N5O2/c1-11-9-13(11)17-21-20-16-8-7-15(22-23(16)17)19-14(18(24)25)10-12-5-3-2-4-6-12/h2-8,11,13-14H,9-10H2,1H3,(H,19,22)(H,24,25)/t11?,13?,14-/m1/s1. The van der Waals surface area contributed by atoms with E-state index in [9.17, 15) is 9.90 Å². The highest BCUT2D eigenvalue weighted by atomic mass is 16.4. The molecule has 0 spiro atoms. The molecule has 1 aliphatic rings. The van der Waals surface area contributed by atoms with Gasteiger partial charge in [-0.2, -0.15) is 4.52 Å². The molecule has 2 heterocycles. The van der Waals surface area contributed by atoms with Crippen molar-refractivity contribution >= 4 is 17.4 Å². The van der Waals surface area contributed by atoms with E-state index in [2.05, 4.69) is 27.5 Å². The fraction of sp³-hybridized carbons (Fsp3) is 0.333. The van der Waals surface area contributed by atoms with Crippen molar-refractivity contribution in [1.82, 2.24) is 19.8 Å². The summed E-state index contributed by atoms with van der Waals surface area (Å²) in [4.78, 5) is 11.6. The van der Waals surface area contributed by atoms with E-state index < -0.39 is 12.0 Å². The number of carboxylic acids is 1. The van der Waals surface area contributed by atoms with Crippen LogP contribution in [-0.4, -0.2) is 36.9 Å². The Balaban J connectivity index is 1.58. The molecule has 0 bridgehead atoms. The summed E-state index contributed by atoms with van der Waals surface area (Å²) in [5.41, 5.74) is 1.63. The molecular weight excluding hydrogens is 318 g/mol. The Kier molecular flexibility index (Phi) is 3.83. The summed E-state index contributed by atoms with van der Waals surface area (Å²) in [5, 5.41) is 25.4. The zero-order chi connectivity index (χ0) is 17.4. The molecule has 1 aliphatic carbocycles. The first-order valence-corrected chi connectivity index (χ1v) is 8.37. The number of fused-ring (bicyclic) bond motifs is 1. The summed E-state index contributed by atoms with van der Waals surface area (Å²) >= 11 is 0. The minimum absolute atomic E-state index is 0.380. The van der Waals surface area contributed by atoms with E-state index in [-0.39, 0.29) is 0 Å². The van der Waals surface area contributed by atoms with Crippen molar-refractivity contribution in [2.75, 3.05) is 5.32 Å².